The van der Waals surface area contributed by atoms with Crippen molar-refractivity contribution in [2.24, 2.45) is 0 Å². The molecule has 0 fully saturated rings. The van der Waals surface area contributed by atoms with E-state index in [9.17, 15) is 4.39 Å². The van der Waals surface area contributed by atoms with E-state index in [-0.39, 0.29) is 0 Å². The molecule has 0 amide bonds. The molecule has 0 saturated carbocycles. The summed E-state index contributed by atoms with van der Waals surface area (Å²) in [4.78, 5) is -1.50. The van der Waals surface area contributed by atoms with Crippen molar-refractivity contribution in [2.45, 2.75) is 4.96 Å². The van der Waals surface area contributed by atoms with Gasteiger partial charge in [0.25, 0.3) is 0 Å². The van der Waals surface area contributed by atoms with Crippen molar-refractivity contribution in [1.29, 1.82) is 0 Å². The first kappa shape index (κ1) is 4.57. The average molecular weight is 101 g/mol. The Kier molecular flexibility index (Phi) is 2.11. The van der Waals surface area contributed by atoms with Gasteiger partial charge in [0, 0.05) is 0 Å². The van der Waals surface area contributed by atoms with Gasteiger partial charge in [-0.25, -0.2) is 4.39 Å². The second-order valence-corrected chi connectivity index (χ2v) is 1.42. The van der Waals surface area contributed by atoms with Crippen LogP contribution in [0.4, 0.5) is 4.39 Å². The van der Waals surface area contributed by atoms with E-state index in [4.69, 9.17) is 0 Å². The van der Waals surface area contributed by atoms with Crippen molar-refractivity contribution < 1.29 is 4.39 Å². The number of alkyl halides is 2. The van der Waals surface area contributed by atoms with Crippen LogP contribution in [0.2, 0.25) is 0 Å². The Bertz CT molecular complexity index is 12.8. The minimum Gasteiger partial charge on any atom is -0.218 e. The standard InChI is InChI=1S/CH2ClFS/c2-1(3)4/h1,4H. The largest absolute Gasteiger partial charge is 0.218 e. The fourth-order valence-corrected chi connectivity index (χ4v) is 0. The van der Waals surface area contributed by atoms with Gasteiger partial charge in [0.15, 0.2) is 0 Å². The molecule has 0 aliphatic rings. The first-order chi connectivity index (χ1) is 1.73. The molecule has 0 aliphatic carbocycles. The zero-order valence-corrected chi connectivity index (χ0v) is 3.43. The summed E-state index contributed by atoms with van der Waals surface area (Å²) >= 11 is 7.54. The van der Waals surface area contributed by atoms with E-state index in [0.717, 1.165) is 0 Å². The van der Waals surface area contributed by atoms with Crippen molar-refractivity contribution in [3.63, 3.8) is 0 Å². The van der Waals surface area contributed by atoms with Crippen molar-refractivity contribution >= 4 is 24.2 Å². The molecule has 0 spiro atoms. The molecule has 0 aromatic heterocycles. The average Bonchev–Trinajstić information content (AvgIpc) is 0.811. The second-order valence-electron chi connectivity index (χ2n) is 0.278. The maximum Gasteiger partial charge on any atom is 0.216 e. The lowest BCUT2D eigenvalue weighted by molar-refractivity contribution is 0.564. The Labute approximate surface area is 34.4 Å². The van der Waals surface area contributed by atoms with Gasteiger partial charge in [0.2, 0.25) is 4.96 Å². The molecule has 0 aliphatic heterocycles. The predicted molar refractivity (Wildman–Crippen MR) is 19.7 cm³/mol. The molecule has 0 saturated heterocycles. The zero-order chi connectivity index (χ0) is 3.58. The van der Waals surface area contributed by atoms with Gasteiger partial charge >= 0.3 is 0 Å². The third-order valence-corrected chi connectivity index (χ3v) is 0. The minimum absolute atomic E-state index is 1.50. The maximum absolute atomic E-state index is 10.6. The first-order valence-corrected chi connectivity index (χ1v) is 1.65. The Morgan fingerprint density at radius 3 is 2.00 bits per heavy atom. The van der Waals surface area contributed by atoms with Crippen LogP contribution < -0.4 is 0 Å². The maximum atomic E-state index is 10.6. The number of halogens is 2. The quantitative estimate of drug-likeness (QED) is 0.345. The fourth-order valence-electron chi connectivity index (χ4n) is 0. The Morgan fingerprint density at radius 2 is 2.00 bits per heavy atom. The third kappa shape index (κ3) is 19.5. The number of rotatable bonds is 0. The molecule has 4 heavy (non-hydrogen) atoms. The molecule has 0 aromatic carbocycles. The summed E-state index contributed by atoms with van der Waals surface area (Å²) in [6, 6.07) is 0. The molecule has 0 bridgehead atoms. The Hall–Kier alpha value is 0.570. The van der Waals surface area contributed by atoms with E-state index >= 15 is 0 Å². The predicted octanol–water partition coefficient (Wildman–Crippen LogP) is 1.41. The summed E-state index contributed by atoms with van der Waals surface area (Å²) in [7, 11) is 0. The van der Waals surface area contributed by atoms with Crippen molar-refractivity contribution in [1.82, 2.24) is 0 Å². The summed E-state index contributed by atoms with van der Waals surface area (Å²) in [6.45, 7) is 0. The molecule has 0 N–H and O–H groups in total. The molecule has 0 nitrogen and oxygen atoms in total. The topological polar surface area (TPSA) is 0 Å². The molecular weight excluding hydrogens is 98.5 g/mol. The molecule has 0 aromatic rings. The van der Waals surface area contributed by atoms with Crippen LogP contribution in [-0.4, -0.2) is 4.96 Å². The van der Waals surface area contributed by atoms with E-state index in [2.05, 4.69) is 24.2 Å². The number of thiol groups is 1. The molecule has 0 radical (unpaired) electrons. The van der Waals surface area contributed by atoms with Gasteiger partial charge in [-0.1, -0.05) is 11.6 Å². The van der Waals surface area contributed by atoms with Gasteiger partial charge in [-0.05, 0) is 0 Å². The third-order valence-electron chi connectivity index (χ3n) is 0. The SMILES string of the molecule is FC(S)Cl. The molecule has 26 valence electrons. The summed E-state index contributed by atoms with van der Waals surface area (Å²) in [5.74, 6) is 0. The monoisotopic (exact) mass is 100.0 g/mol. The lowest BCUT2D eigenvalue weighted by atomic mass is 11.8. The van der Waals surface area contributed by atoms with Crippen LogP contribution in [0, 0.1) is 0 Å². The minimum atomic E-state index is -1.50. The molecule has 0 rings (SSSR count). The van der Waals surface area contributed by atoms with Gasteiger partial charge in [-0.15, -0.1) is 12.6 Å². The molecular formula is CH2ClFS. The normalized spacial score (nSPS) is 15.8. The van der Waals surface area contributed by atoms with Crippen LogP contribution in [0.25, 0.3) is 0 Å². The fraction of sp³-hybridized carbons (Fsp3) is 1.00. The second kappa shape index (κ2) is 1.85. The number of hydrogen-bond acceptors (Lipinski definition) is 1. The highest BCUT2D eigenvalue weighted by Crippen LogP contribution is 1.97. The molecule has 0 heterocycles. The van der Waals surface area contributed by atoms with Crippen molar-refractivity contribution in [2.75, 3.05) is 0 Å². The lowest BCUT2D eigenvalue weighted by Crippen LogP contribution is -1.59. The Balaban J connectivity index is 2.32. The summed E-state index contributed by atoms with van der Waals surface area (Å²) in [6.07, 6.45) is 0. The summed E-state index contributed by atoms with van der Waals surface area (Å²) < 4.78 is 10.6. The number of hydrogen-bond donors (Lipinski definition) is 1. The van der Waals surface area contributed by atoms with E-state index in [1.165, 1.54) is 0 Å². The molecule has 1 unspecified atom stereocenters. The zero-order valence-electron chi connectivity index (χ0n) is 1.78. The van der Waals surface area contributed by atoms with Crippen LogP contribution in [0.3, 0.4) is 0 Å². The lowest BCUT2D eigenvalue weighted by Gasteiger charge is -1.70. The van der Waals surface area contributed by atoms with Crippen molar-refractivity contribution in [3.8, 4) is 0 Å². The highest BCUT2D eigenvalue weighted by Gasteiger charge is 1.78. The van der Waals surface area contributed by atoms with Crippen LogP contribution in [-0.2, 0) is 0 Å². The summed E-state index contributed by atoms with van der Waals surface area (Å²) in [5.41, 5.74) is 0. The first-order valence-electron chi connectivity index (χ1n) is 0.695. The van der Waals surface area contributed by atoms with Gasteiger partial charge in [0.1, 0.15) is 0 Å². The van der Waals surface area contributed by atoms with Gasteiger partial charge in [-0.3, -0.25) is 0 Å². The van der Waals surface area contributed by atoms with E-state index in [0.29, 0.717) is 0 Å². The van der Waals surface area contributed by atoms with Crippen LogP contribution >= 0.6 is 24.2 Å². The molecule has 1 atom stereocenters. The van der Waals surface area contributed by atoms with Crippen LogP contribution in [0.5, 0.6) is 0 Å². The van der Waals surface area contributed by atoms with Crippen molar-refractivity contribution in [3.05, 3.63) is 0 Å². The van der Waals surface area contributed by atoms with Crippen LogP contribution in [0.15, 0.2) is 0 Å². The van der Waals surface area contributed by atoms with Gasteiger partial charge < -0.3 is 0 Å². The highest BCUT2D eigenvalue weighted by molar-refractivity contribution is 7.82. The van der Waals surface area contributed by atoms with Gasteiger partial charge in [0.05, 0.1) is 0 Å². The smallest absolute Gasteiger partial charge is 0.216 e. The van der Waals surface area contributed by atoms with E-state index < -0.39 is 4.96 Å². The van der Waals surface area contributed by atoms with E-state index in [1.54, 1.807) is 0 Å². The summed E-state index contributed by atoms with van der Waals surface area (Å²) in [5, 5.41) is 0. The van der Waals surface area contributed by atoms with Gasteiger partial charge in [-0.2, -0.15) is 0 Å². The van der Waals surface area contributed by atoms with Crippen LogP contribution in [0.1, 0.15) is 0 Å². The molecule has 3 heteroatoms. The Morgan fingerprint density at radius 1 is 2.00 bits per heavy atom. The van der Waals surface area contributed by atoms with E-state index in [1.807, 2.05) is 0 Å². The highest BCUT2D eigenvalue weighted by atomic mass is 35.5.